The van der Waals surface area contributed by atoms with E-state index in [1.54, 1.807) is 25.1 Å². The van der Waals surface area contributed by atoms with Gasteiger partial charge in [-0.25, -0.2) is 0 Å². The van der Waals surface area contributed by atoms with Gasteiger partial charge in [-0.05, 0) is 25.1 Å². The summed E-state index contributed by atoms with van der Waals surface area (Å²) >= 11 is 13.3. The van der Waals surface area contributed by atoms with E-state index in [1.165, 1.54) is 15.9 Å². The Kier molecular flexibility index (Phi) is 3.00. The van der Waals surface area contributed by atoms with E-state index in [2.05, 4.69) is 15.3 Å². The van der Waals surface area contributed by atoms with Crippen LogP contribution in [0.2, 0.25) is 10.0 Å². The molecule has 0 aliphatic heterocycles. The average molecular weight is 313 g/mol. The van der Waals surface area contributed by atoms with Crippen molar-refractivity contribution in [3.63, 3.8) is 0 Å². The van der Waals surface area contributed by atoms with Crippen molar-refractivity contribution in [3.05, 3.63) is 44.3 Å². The van der Waals surface area contributed by atoms with Crippen molar-refractivity contribution < 1.29 is 0 Å². The Balaban J connectivity index is 2.29. The van der Waals surface area contributed by atoms with Crippen LogP contribution in [0.1, 0.15) is 5.69 Å². The molecule has 8 heteroatoms. The molecule has 0 radical (unpaired) electrons. The van der Waals surface area contributed by atoms with Gasteiger partial charge in [0, 0.05) is 10.6 Å². The van der Waals surface area contributed by atoms with Gasteiger partial charge in [0.1, 0.15) is 10.7 Å². The van der Waals surface area contributed by atoms with Crippen molar-refractivity contribution in [2.45, 2.75) is 6.92 Å². The fourth-order valence-corrected chi connectivity index (χ4v) is 2.86. The van der Waals surface area contributed by atoms with E-state index in [1.807, 2.05) is 0 Å². The summed E-state index contributed by atoms with van der Waals surface area (Å²) < 4.78 is 1.22. The van der Waals surface area contributed by atoms with Gasteiger partial charge in [-0.15, -0.1) is 10.2 Å². The molecule has 0 saturated heterocycles. The number of aryl methyl sites for hydroxylation is 1. The first-order valence-corrected chi connectivity index (χ1v) is 6.82. The van der Waals surface area contributed by atoms with Crippen molar-refractivity contribution in [3.8, 4) is 10.6 Å². The number of nitrogens with zero attached hydrogens (tertiary/aromatic N) is 4. The van der Waals surface area contributed by atoms with Crippen molar-refractivity contribution in [2.24, 2.45) is 0 Å². The Labute approximate surface area is 121 Å². The Bertz CT molecular complexity index is 842. The lowest BCUT2D eigenvalue weighted by Crippen LogP contribution is -2.19. The second-order valence-electron chi connectivity index (χ2n) is 3.82. The van der Waals surface area contributed by atoms with Crippen molar-refractivity contribution in [2.75, 3.05) is 0 Å². The number of fused-ring (bicyclic) bond motifs is 1. The molecule has 0 spiro atoms. The number of benzene rings is 1. The Hall–Kier alpha value is -1.50. The number of halogens is 2. The van der Waals surface area contributed by atoms with Crippen LogP contribution < -0.4 is 5.56 Å². The summed E-state index contributed by atoms with van der Waals surface area (Å²) in [6.07, 6.45) is 0. The number of hydrogen-bond donors (Lipinski definition) is 0. The van der Waals surface area contributed by atoms with Crippen molar-refractivity contribution >= 4 is 39.5 Å². The van der Waals surface area contributed by atoms with Gasteiger partial charge in [0.05, 0.1) is 5.02 Å². The van der Waals surface area contributed by atoms with Gasteiger partial charge in [0.25, 0.3) is 5.56 Å². The van der Waals surface area contributed by atoms with E-state index in [0.29, 0.717) is 31.3 Å². The van der Waals surface area contributed by atoms with Gasteiger partial charge in [-0.3, -0.25) is 4.79 Å². The van der Waals surface area contributed by atoms with Crippen LogP contribution in [-0.2, 0) is 0 Å². The van der Waals surface area contributed by atoms with E-state index in [-0.39, 0.29) is 5.56 Å². The molecule has 0 saturated carbocycles. The van der Waals surface area contributed by atoms with Gasteiger partial charge < -0.3 is 0 Å². The third kappa shape index (κ3) is 2.11. The molecular formula is C11H6Cl2N4OS. The smallest absolute Gasteiger partial charge is 0.265 e. The minimum Gasteiger partial charge on any atom is -0.265 e. The normalized spacial score (nSPS) is 11.1. The molecular weight excluding hydrogens is 307 g/mol. The first kappa shape index (κ1) is 12.5. The monoisotopic (exact) mass is 312 g/mol. The van der Waals surface area contributed by atoms with Crippen LogP contribution in [0.5, 0.6) is 0 Å². The van der Waals surface area contributed by atoms with E-state index in [4.69, 9.17) is 23.2 Å². The molecule has 0 atom stereocenters. The first-order valence-electron chi connectivity index (χ1n) is 5.25. The van der Waals surface area contributed by atoms with Crippen molar-refractivity contribution in [1.29, 1.82) is 0 Å². The van der Waals surface area contributed by atoms with E-state index < -0.39 is 0 Å². The average Bonchev–Trinajstić information content (AvgIpc) is 2.81. The molecule has 0 amide bonds. The van der Waals surface area contributed by atoms with E-state index in [0.717, 1.165) is 0 Å². The van der Waals surface area contributed by atoms with Crippen LogP contribution >= 0.6 is 34.5 Å². The lowest BCUT2D eigenvalue weighted by Gasteiger charge is -1.99. The summed E-state index contributed by atoms with van der Waals surface area (Å²) in [6, 6.07) is 5.08. The zero-order chi connectivity index (χ0) is 13.6. The summed E-state index contributed by atoms with van der Waals surface area (Å²) in [5.41, 5.74) is 0.680. The fraction of sp³-hybridized carbons (Fsp3) is 0.0909. The van der Waals surface area contributed by atoms with Crippen LogP contribution in [0.3, 0.4) is 0 Å². The van der Waals surface area contributed by atoms with Crippen LogP contribution in [0.4, 0.5) is 0 Å². The molecule has 0 N–H and O–H groups in total. The van der Waals surface area contributed by atoms with Crippen LogP contribution in [0, 0.1) is 6.92 Å². The van der Waals surface area contributed by atoms with Crippen molar-refractivity contribution in [1.82, 2.24) is 19.8 Å². The zero-order valence-electron chi connectivity index (χ0n) is 9.59. The van der Waals surface area contributed by atoms with Gasteiger partial charge in [-0.1, -0.05) is 34.5 Å². The zero-order valence-corrected chi connectivity index (χ0v) is 11.9. The maximum absolute atomic E-state index is 11.9. The number of hydrogen-bond acceptors (Lipinski definition) is 5. The molecule has 0 bridgehead atoms. The summed E-state index contributed by atoms with van der Waals surface area (Å²) in [4.78, 5) is 12.3. The standard InChI is InChI=1S/C11H6Cl2N4OS/c1-5-10(18)17-11(15-14-5)19-9(16-17)7-4-6(12)2-3-8(7)13/h2-4H,1H3. The molecule has 3 rings (SSSR count). The highest BCUT2D eigenvalue weighted by molar-refractivity contribution is 7.19. The second kappa shape index (κ2) is 4.56. The topological polar surface area (TPSA) is 60.1 Å². The lowest BCUT2D eigenvalue weighted by atomic mass is 10.2. The Morgan fingerprint density at radius 1 is 1.26 bits per heavy atom. The highest BCUT2D eigenvalue weighted by atomic mass is 35.5. The molecule has 96 valence electrons. The lowest BCUT2D eigenvalue weighted by molar-refractivity contribution is 0.829. The minimum absolute atomic E-state index is 0.286. The molecule has 0 aliphatic carbocycles. The van der Waals surface area contributed by atoms with Crippen LogP contribution in [0.25, 0.3) is 15.5 Å². The number of rotatable bonds is 1. The summed E-state index contributed by atoms with van der Waals surface area (Å²) in [7, 11) is 0. The molecule has 5 nitrogen and oxygen atoms in total. The highest BCUT2D eigenvalue weighted by Gasteiger charge is 2.13. The summed E-state index contributed by atoms with van der Waals surface area (Å²) in [5.74, 6) is 0. The first-order chi connectivity index (χ1) is 9.06. The number of aromatic nitrogens is 4. The Morgan fingerprint density at radius 2 is 2.05 bits per heavy atom. The summed E-state index contributed by atoms with van der Waals surface area (Å²) in [6.45, 7) is 1.59. The Morgan fingerprint density at radius 3 is 2.84 bits per heavy atom. The molecule has 2 heterocycles. The van der Waals surface area contributed by atoms with Gasteiger partial charge in [0.2, 0.25) is 4.96 Å². The quantitative estimate of drug-likeness (QED) is 0.693. The molecule has 0 fully saturated rings. The van der Waals surface area contributed by atoms with E-state index in [9.17, 15) is 4.79 Å². The molecule has 2 aromatic heterocycles. The van der Waals surface area contributed by atoms with Gasteiger partial charge >= 0.3 is 0 Å². The predicted molar refractivity (Wildman–Crippen MR) is 75.1 cm³/mol. The third-order valence-electron chi connectivity index (χ3n) is 2.51. The predicted octanol–water partition coefficient (Wildman–Crippen LogP) is 2.83. The second-order valence-corrected chi connectivity index (χ2v) is 5.62. The SMILES string of the molecule is Cc1nnc2sc(-c3cc(Cl)ccc3Cl)nn2c1=O. The third-order valence-corrected chi connectivity index (χ3v) is 4.00. The largest absolute Gasteiger partial charge is 0.296 e. The molecule has 3 aromatic rings. The fourth-order valence-electron chi connectivity index (χ4n) is 1.56. The minimum atomic E-state index is -0.286. The van der Waals surface area contributed by atoms with Crippen LogP contribution in [0.15, 0.2) is 23.0 Å². The molecule has 0 aliphatic rings. The molecule has 19 heavy (non-hydrogen) atoms. The molecule has 1 aromatic carbocycles. The van der Waals surface area contributed by atoms with E-state index >= 15 is 0 Å². The maximum Gasteiger partial charge on any atom is 0.296 e. The van der Waals surface area contributed by atoms with Gasteiger partial charge in [0.15, 0.2) is 0 Å². The van der Waals surface area contributed by atoms with Crippen LogP contribution in [-0.4, -0.2) is 19.8 Å². The highest BCUT2D eigenvalue weighted by Crippen LogP contribution is 2.32. The molecule has 0 unspecified atom stereocenters. The van der Waals surface area contributed by atoms with Gasteiger partial charge in [-0.2, -0.15) is 9.61 Å². The summed E-state index contributed by atoms with van der Waals surface area (Å²) in [5, 5.41) is 13.6. The maximum atomic E-state index is 11.9.